The maximum atomic E-state index is 12.5. The third kappa shape index (κ3) is 4.48. The molecule has 3 rings (SSSR count). The van der Waals surface area contributed by atoms with Gasteiger partial charge in [0.1, 0.15) is 5.82 Å². The molecule has 0 saturated carbocycles. The second-order valence-electron chi connectivity index (χ2n) is 5.95. The standard InChI is InChI=1S/C20H20ClN3O/c1-24-11-10-22-19(24)14-23-20(25)13-18(15-6-3-2-4-7-15)16-8-5-9-17(21)12-16/h2-12,18H,13-14H2,1H3,(H,23,25). The number of aromatic nitrogens is 2. The third-order valence-electron chi connectivity index (χ3n) is 4.21. The fourth-order valence-corrected chi connectivity index (χ4v) is 3.04. The highest BCUT2D eigenvalue weighted by atomic mass is 35.5. The molecular weight excluding hydrogens is 334 g/mol. The molecule has 1 heterocycles. The number of nitrogens with zero attached hydrogens (tertiary/aromatic N) is 2. The predicted octanol–water partition coefficient (Wildman–Crippen LogP) is 3.91. The van der Waals surface area contributed by atoms with Crippen LogP contribution >= 0.6 is 11.6 Å². The molecule has 1 unspecified atom stereocenters. The van der Waals surface area contributed by atoms with Gasteiger partial charge in [0, 0.05) is 36.8 Å². The lowest BCUT2D eigenvalue weighted by atomic mass is 9.88. The van der Waals surface area contributed by atoms with Crippen molar-refractivity contribution in [2.75, 3.05) is 0 Å². The number of halogens is 1. The topological polar surface area (TPSA) is 46.9 Å². The van der Waals surface area contributed by atoms with Crippen LogP contribution < -0.4 is 5.32 Å². The normalized spacial score (nSPS) is 11.9. The van der Waals surface area contributed by atoms with Gasteiger partial charge >= 0.3 is 0 Å². The van der Waals surface area contributed by atoms with Crippen LogP contribution in [0.1, 0.15) is 29.3 Å². The summed E-state index contributed by atoms with van der Waals surface area (Å²) < 4.78 is 1.89. The smallest absolute Gasteiger partial charge is 0.221 e. The molecule has 128 valence electrons. The number of carbonyl (C=O) groups excluding carboxylic acids is 1. The lowest BCUT2D eigenvalue weighted by Crippen LogP contribution is -2.26. The van der Waals surface area contributed by atoms with E-state index in [2.05, 4.69) is 10.3 Å². The number of carbonyl (C=O) groups is 1. The first kappa shape index (κ1) is 17.2. The van der Waals surface area contributed by atoms with E-state index in [0.29, 0.717) is 18.0 Å². The van der Waals surface area contributed by atoms with Crippen LogP contribution in [0, 0.1) is 0 Å². The maximum absolute atomic E-state index is 12.5. The van der Waals surface area contributed by atoms with E-state index >= 15 is 0 Å². The minimum absolute atomic E-state index is 0.0168. The molecule has 0 saturated heterocycles. The zero-order valence-electron chi connectivity index (χ0n) is 14.0. The van der Waals surface area contributed by atoms with Crippen molar-refractivity contribution >= 4 is 17.5 Å². The summed E-state index contributed by atoms with van der Waals surface area (Å²) in [5, 5.41) is 3.63. The zero-order chi connectivity index (χ0) is 17.6. The van der Waals surface area contributed by atoms with Gasteiger partial charge in [-0.2, -0.15) is 0 Å². The van der Waals surface area contributed by atoms with Crippen molar-refractivity contribution in [1.82, 2.24) is 14.9 Å². The van der Waals surface area contributed by atoms with Gasteiger partial charge in [-0.15, -0.1) is 0 Å². The van der Waals surface area contributed by atoms with E-state index in [4.69, 9.17) is 11.6 Å². The summed E-state index contributed by atoms with van der Waals surface area (Å²) in [7, 11) is 1.91. The Morgan fingerprint density at radius 3 is 2.60 bits per heavy atom. The van der Waals surface area contributed by atoms with E-state index in [1.165, 1.54) is 0 Å². The Labute approximate surface area is 152 Å². The van der Waals surface area contributed by atoms with Gasteiger partial charge < -0.3 is 9.88 Å². The van der Waals surface area contributed by atoms with Gasteiger partial charge in [-0.3, -0.25) is 4.79 Å². The Balaban J connectivity index is 1.76. The molecule has 25 heavy (non-hydrogen) atoms. The molecule has 0 fully saturated rings. The first-order valence-electron chi connectivity index (χ1n) is 8.17. The number of nitrogens with one attached hydrogen (secondary N) is 1. The Hall–Kier alpha value is -2.59. The summed E-state index contributed by atoms with van der Waals surface area (Å²) in [5.74, 6) is 0.769. The minimum Gasteiger partial charge on any atom is -0.349 e. The SMILES string of the molecule is Cn1ccnc1CNC(=O)CC(c1ccccc1)c1cccc(Cl)c1. The quantitative estimate of drug-likeness (QED) is 0.730. The fourth-order valence-electron chi connectivity index (χ4n) is 2.84. The highest BCUT2D eigenvalue weighted by Crippen LogP contribution is 2.29. The Kier molecular flexibility index (Phi) is 5.51. The molecule has 0 spiro atoms. The Morgan fingerprint density at radius 2 is 1.92 bits per heavy atom. The summed E-state index contributed by atoms with van der Waals surface area (Å²) in [6.45, 7) is 0.416. The molecule has 0 radical (unpaired) electrons. The molecule has 0 aliphatic carbocycles. The molecule has 0 bridgehead atoms. The minimum atomic E-state index is -0.0405. The Bertz CT molecular complexity index is 845. The van der Waals surface area contributed by atoms with Crippen LogP contribution in [0.5, 0.6) is 0 Å². The van der Waals surface area contributed by atoms with E-state index in [1.807, 2.05) is 72.4 Å². The van der Waals surface area contributed by atoms with Crippen molar-refractivity contribution in [2.45, 2.75) is 18.9 Å². The molecule has 3 aromatic rings. The molecule has 0 aliphatic heterocycles. The van der Waals surface area contributed by atoms with Gasteiger partial charge in [-0.1, -0.05) is 54.1 Å². The van der Waals surface area contributed by atoms with Crippen LogP contribution in [-0.4, -0.2) is 15.5 Å². The summed E-state index contributed by atoms with van der Waals surface area (Å²) >= 11 is 6.15. The Morgan fingerprint density at radius 1 is 1.16 bits per heavy atom. The highest BCUT2D eigenvalue weighted by molar-refractivity contribution is 6.30. The average molecular weight is 354 g/mol. The molecule has 0 aliphatic rings. The molecule has 1 amide bonds. The summed E-state index contributed by atoms with van der Waals surface area (Å²) in [6.07, 6.45) is 3.94. The van der Waals surface area contributed by atoms with Crippen LogP contribution in [0.3, 0.4) is 0 Å². The van der Waals surface area contributed by atoms with E-state index < -0.39 is 0 Å². The number of imidazole rings is 1. The zero-order valence-corrected chi connectivity index (χ0v) is 14.8. The van der Waals surface area contributed by atoms with E-state index in [0.717, 1.165) is 17.0 Å². The second-order valence-corrected chi connectivity index (χ2v) is 6.39. The lowest BCUT2D eigenvalue weighted by molar-refractivity contribution is -0.121. The summed E-state index contributed by atoms with van der Waals surface area (Å²) in [6, 6.07) is 17.7. The van der Waals surface area contributed by atoms with Crippen LogP contribution in [-0.2, 0) is 18.4 Å². The number of aryl methyl sites for hydroxylation is 1. The van der Waals surface area contributed by atoms with Gasteiger partial charge in [0.25, 0.3) is 0 Å². The molecule has 5 heteroatoms. The molecule has 4 nitrogen and oxygen atoms in total. The van der Waals surface area contributed by atoms with Crippen molar-refractivity contribution in [3.8, 4) is 0 Å². The fraction of sp³-hybridized carbons (Fsp3) is 0.200. The van der Waals surface area contributed by atoms with Crippen molar-refractivity contribution in [1.29, 1.82) is 0 Å². The third-order valence-corrected chi connectivity index (χ3v) is 4.44. The van der Waals surface area contributed by atoms with Crippen LogP contribution in [0.2, 0.25) is 5.02 Å². The second kappa shape index (κ2) is 7.99. The number of rotatable bonds is 6. The predicted molar refractivity (Wildman–Crippen MR) is 99.4 cm³/mol. The van der Waals surface area contributed by atoms with Gasteiger partial charge in [0.05, 0.1) is 6.54 Å². The van der Waals surface area contributed by atoms with Crippen LogP contribution in [0.4, 0.5) is 0 Å². The monoisotopic (exact) mass is 353 g/mol. The first-order chi connectivity index (χ1) is 12.1. The van der Waals surface area contributed by atoms with Crippen molar-refractivity contribution in [2.24, 2.45) is 7.05 Å². The van der Waals surface area contributed by atoms with E-state index in [-0.39, 0.29) is 11.8 Å². The van der Waals surface area contributed by atoms with Gasteiger partial charge in [-0.05, 0) is 23.3 Å². The molecule has 1 aromatic heterocycles. The van der Waals surface area contributed by atoms with Gasteiger partial charge in [-0.25, -0.2) is 4.98 Å². The first-order valence-corrected chi connectivity index (χ1v) is 8.54. The number of hydrogen-bond acceptors (Lipinski definition) is 2. The highest BCUT2D eigenvalue weighted by Gasteiger charge is 2.18. The molecule has 1 N–H and O–H groups in total. The van der Waals surface area contributed by atoms with Gasteiger partial charge in [0.2, 0.25) is 5.91 Å². The van der Waals surface area contributed by atoms with E-state index in [1.54, 1.807) is 6.20 Å². The number of benzene rings is 2. The molecule has 2 aromatic carbocycles. The van der Waals surface area contributed by atoms with Crippen molar-refractivity contribution in [3.63, 3.8) is 0 Å². The lowest BCUT2D eigenvalue weighted by Gasteiger charge is -2.18. The molecular formula is C20H20ClN3O. The van der Waals surface area contributed by atoms with Crippen molar-refractivity contribution < 1.29 is 4.79 Å². The number of hydrogen-bond donors (Lipinski definition) is 1. The van der Waals surface area contributed by atoms with Crippen LogP contribution in [0.25, 0.3) is 0 Å². The largest absolute Gasteiger partial charge is 0.349 e. The average Bonchev–Trinajstić information content (AvgIpc) is 3.03. The number of amides is 1. The van der Waals surface area contributed by atoms with Crippen LogP contribution in [0.15, 0.2) is 67.0 Å². The van der Waals surface area contributed by atoms with Gasteiger partial charge in [0.15, 0.2) is 0 Å². The van der Waals surface area contributed by atoms with Crippen molar-refractivity contribution in [3.05, 3.63) is 89.0 Å². The molecule has 1 atom stereocenters. The van der Waals surface area contributed by atoms with E-state index in [9.17, 15) is 4.79 Å². The maximum Gasteiger partial charge on any atom is 0.221 e. The summed E-state index contributed by atoms with van der Waals surface area (Å²) in [4.78, 5) is 16.7. The summed E-state index contributed by atoms with van der Waals surface area (Å²) in [5.41, 5.74) is 2.13.